The number of benzene rings is 1. The van der Waals surface area contributed by atoms with Crippen LogP contribution < -0.4 is 10.1 Å². The van der Waals surface area contributed by atoms with E-state index >= 15 is 0 Å². The predicted octanol–water partition coefficient (Wildman–Crippen LogP) is 3.45. The van der Waals surface area contributed by atoms with Crippen molar-refractivity contribution in [3.05, 3.63) is 47.8 Å². The Balaban J connectivity index is 1.53. The van der Waals surface area contributed by atoms with Gasteiger partial charge in [-0.05, 0) is 48.9 Å². The summed E-state index contributed by atoms with van der Waals surface area (Å²) in [5.74, 6) is 3.04. The molecule has 1 saturated heterocycles. The molecule has 1 aromatic carbocycles. The number of aliphatic imine (C=N–C) groups is 1. The molecule has 1 aliphatic heterocycles. The van der Waals surface area contributed by atoms with Crippen molar-refractivity contribution in [2.75, 3.05) is 32.8 Å². The van der Waals surface area contributed by atoms with Gasteiger partial charge in [-0.1, -0.05) is 26.0 Å². The molecule has 6 heteroatoms. The monoisotopic (exact) mass is 397 g/mol. The summed E-state index contributed by atoms with van der Waals surface area (Å²) in [6.07, 6.45) is 6.20. The molecule has 2 heterocycles. The van der Waals surface area contributed by atoms with Crippen molar-refractivity contribution in [1.82, 2.24) is 20.0 Å². The maximum atomic E-state index is 5.76. The highest BCUT2D eigenvalue weighted by Crippen LogP contribution is 2.26. The quantitative estimate of drug-likeness (QED) is 0.548. The van der Waals surface area contributed by atoms with Gasteiger partial charge >= 0.3 is 0 Å². The maximum Gasteiger partial charge on any atom is 0.193 e. The number of hydrogen-bond acceptors (Lipinski definition) is 3. The van der Waals surface area contributed by atoms with E-state index in [1.54, 1.807) is 0 Å². The zero-order valence-electron chi connectivity index (χ0n) is 18.3. The molecule has 6 nitrogen and oxygen atoms in total. The maximum absolute atomic E-state index is 5.76. The molecule has 0 bridgehead atoms. The fraction of sp³-hybridized carbons (Fsp3) is 0.565. The minimum absolute atomic E-state index is 0.533. The Kier molecular flexibility index (Phi) is 7.55. The van der Waals surface area contributed by atoms with Gasteiger partial charge in [0.25, 0.3) is 0 Å². The molecule has 1 aromatic heterocycles. The number of aromatic nitrogens is 2. The lowest BCUT2D eigenvalue weighted by atomic mass is 10.0. The first-order valence-corrected chi connectivity index (χ1v) is 10.8. The zero-order chi connectivity index (χ0) is 20.6. The van der Waals surface area contributed by atoms with Crippen molar-refractivity contribution in [3.63, 3.8) is 0 Å². The average molecular weight is 398 g/mol. The molecule has 0 amide bonds. The molecule has 158 valence electrons. The second kappa shape index (κ2) is 10.3. The molecule has 0 saturated carbocycles. The highest BCUT2D eigenvalue weighted by molar-refractivity contribution is 5.80. The molecule has 1 aliphatic rings. The van der Waals surface area contributed by atoms with Crippen molar-refractivity contribution in [1.29, 1.82) is 0 Å². The van der Waals surface area contributed by atoms with E-state index in [0.717, 1.165) is 57.3 Å². The van der Waals surface area contributed by atoms with E-state index in [0.29, 0.717) is 11.8 Å². The molecule has 0 radical (unpaired) electrons. The summed E-state index contributed by atoms with van der Waals surface area (Å²) < 4.78 is 7.65. The summed E-state index contributed by atoms with van der Waals surface area (Å²) >= 11 is 0. The summed E-state index contributed by atoms with van der Waals surface area (Å²) in [5.41, 5.74) is 2.61. The van der Waals surface area contributed by atoms with Crippen molar-refractivity contribution >= 4 is 5.96 Å². The summed E-state index contributed by atoms with van der Waals surface area (Å²) in [5, 5.41) is 7.78. The minimum atomic E-state index is 0.533. The van der Waals surface area contributed by atoms with Gasteiger partial charge in [0.2, 0.25) is 0 Å². The second-order valence-electron chi connectivity index (χ2n) is 8.21. The van der Waals surface area contributed by atoms with Gasteiger partial charge < -0.3 is 15.0 Å². The molecular formula is C23H35N5O. The van der Waals surface area contributed by atoms with Crippen LogP contribution in [0.4, 0.5) is 0 Å². The minimum Gasteiger partial charge on any atom is -0.493 e. The van der Waals surface area contributed by atoms with E-state index in [1.165, 1.54) is 11.1 Å². The van der Waals surface area contributed by atoms with Crippen molar-refractivity contribution in [2.24, 2.45) is 18.0 Å². The predicted molar refractivity (Wildman–Crippen MR) is 119 cm³/mol. The second-order valence-corrected chi connectivity index (χ2v) is 8.21. The van der Waals surface area contributed by atoms with Crippen LogP contribution in [0, 0.1) is 5.92 Å². The van der Waals surface area contributed by atoms with Gasteiger partial charge in [-0.15, -0.1) is 0 Å². The molecule has 0 aliphatic carbocycles. The molecule has 1 atom stereocenters. The molecule has 0 spiro atoms. The summed E-state index contributed by atoms with van der Waals surface area (Å²) in [6.45, 7) is 10.9. The van der Waals surface area contributed by atoms with E-state index in [1.807, 2.05) is 17.9 Å². The number of rotatable bonds is 8. The van der Waals surface area contributed by atoms with Crippen LogP contribution in [0.1, 0.15) is 44.2 Å². The Morgan fingerprint density at radius 3 is 2.76 bits per heavy atom. The van der Waals surface area contributed by atoms with Crippen LogP contribution in [-0.2, 0) is 13.5 Å². The van der Waals surface area contributed by atoms with Gasteiger partial charge in [-0.25, -0.2) is 0 Å². The average Bonchev–Trinajstić information content (AvgIpc) is 3.36. The number of likely N-dealkylation sites (tertiary alicyclic amines) is 1. The number of guanidine groups is 1. The SMILES string of the molecule is CCNC(=NCCc1ccc(OCC(C)C)cc1)N1CCC(c2cnn(C)c2)C1. The third-order valence-corrected chi connectivity index (χ3v) is 5.19. The first-order chi connectivity index (χ1) is 14.0. The Morgan fingerprint density at radius 1 is 1.31 bits per heavy atom. The van der Waals surface area contributed by atoms with Crippen LogP contribution >= 0.6 is 0 Å². The normalized spacial score (nSPS) is 17.2. The van der Waals surface area contributed by atoms with Gasteiger partial charge in [0, 0.05) is 45.3 Å². The number of aryl methyl sites for hydroxylation is 1. The van der Waals surface area contributed by atoms with Crippen molar-refractivity contribution < 1.29 is 4.74 Å². The number of ether oxygens (including phenoxy) is 1. The fourth-order valence-corrected chi connectivity index (χ4v) is 3.61. The lowest BCUT2D eigenvalue weighted by Gasteiger charge is -2.21. The Bertz CT molecular complexity index is 781. The van der Waals surface area contributed by atoms with Gasteiger partial charge in [0.05, 0.1) is 12.8 Å². The number of nitrogens with one attached hydrogen (secondary N) is 1. The number of hydrogen-bond donors (Lipinski definition) is 1. The molecule has 1 fully saturated rings. The topological polar surface area (TPSA) is 54.7 Å². The fourth-order valence-electron chi connectivity index (χ4n) is 3.61. The summed E-state index contributed by atoms with van der Waals surface area (Å²) in [6, 6.07) is 8.41. The summed E-state index contributed by atoms with van der Waals surface area (Å²) in [4.78, 5) is 7.26. The molecule has 3 rings (SSSR count). The molecule has 1 unspecified atom stereocenters. The van der Waals surface area contributed by atoms with E-state index < -0.39 is 0 Å². The Hall–Kier alpha value is -2.50. The first-order valence-electron chi connectivity index (χ1n) is 10.8. The number of nitrogens with zero attached hydrogens (tertiary/aromatic N) is 4. The van der Waals surface area contributed by atoms with Crippen molar-refractivity contribution in [2.45, 2.75) is 39.5 Å². The van der Waals surface area contributed by atoms with Crippen LogP contribution in [-0.4, -0.2) is 53.4 Å². The van der Waals surface area contributed by atoms with Gasteiger partial charge in [-0.3, -0.25) is 9.67 Å². The summed E-state index contributed by atoms with van der Waals surface area (Å²) in [7, 11) is 1.98. The van der Waals surface area contributed by atoms with E-state index in [-0.39, 0.29) is 0 Å². The van der Waals surface area contributed by atoms with Gasteiger partial charge in [0.15, 0.2) is 5.96 Å². The third-order valence-electron chi connectivity index (χ3n) is 5.19. The molecular weight excluding hydrogens is 362 g/mol. The Morgan fingerprint density at radius 2 is 2.10 bits per heavy atom. The smallest absolute Gasteiger partial charge is 0.193 e. The van der Waals surface area contributed by atoms with Crippen LogP contribution in [0.2, 0.25) is 0 Å². The molecule has 1 N–H and O–H groups in total. The standard InChI is InChI=1S/C23H35N5O/c1-5-24-23(28-13-11-20(16-28)21-14-26-27(4)15-21)25-12-10-19-6-8-22(9-7-19)29-17-18(2)3/h6-9,14-15,18,20H,5,10-13,16-17H2,1-4H3,(H,24,25). The highest BCUT2D eigenvalue weighted by atomic mass is 16.5. The van der Waals surface area contributed by atoms with Gasteiger partial charge in [0.1, 0.15) is 5.75 Å². The van der Waals surface area contributed by atoms with Crippen LogP contribution in [0.15, 0.2) is 41.7 Å². The van der Waals surface area contributed by atoms with E-state index in [2.05, 4.69) is 66.5 Å². The van der Waals surface area contributed by atoms with Gasteiger partial charge in [-0.2, -0.15) is 5.10 Å². The Labute approximate surface area is 175 Å². The van der Waals surface area contributed by atoms with Crippen LogP contribution in [0.25, 0.3) is 0 Å². The largest absolute Gasteiger partial charge is 0.493 e. The van der Waals surface area contributed by atoms with Crippen molar-refractivity contribution in [3.8, 4) is 5.75 Å². The van der Waals surface area contributed by atoms with Crippen LogP contribution in [0.5, 0.6) is 5.75 Å². The zero-order valence-corrected chi connectivity index (χ0v) is 18.3. The first kappa shape index (κ1) is 21.2. The van der Waals surface area contributed by atoms with E-state index in [4.69, 9.17) is 9.73 Å². The lowest BCUT2D eigenvalue weighted by molar-refractivity contribution is 0.271. The highest BCUT2D eigenvalue weighted by Gasteiger charge is 2.26. The molecule has 29 heavy (non-hydrogen) atoms. The lowest BCUT2D eigenvalue weighted by Crippen LogP contribution is -2.40. The van der Waals surface area contributed by atoms with E-state index in [9.17, 15) is 0 Å². The molecule has 2 aromatic rings. The van der Waals surface area contributed by atoms with Crippen LogP contribution in [0.3, 0.4) is 0 Å². The third kappa shape index (κ3) is 6.24.